The molecule has 1 atom stereocenters. The Morgan fingerprint density at radius 1 is 1.18 bits per heavy atom. The van der Waals surface area contributed by atoms with Crippen LogP contribution in [0.25, 0.3) is 16.7 Å². The molecule has 0 aromatic heterocycles. The average Bonchev–Trinajstić information content (AvgIpc) is 3.27. The molecule has 2 aliphatic rings. The number of ether oxygens (including phenoxy) is 1. The van der Waals surface area contributed by atoms with Gasteiger partial charge in [-0.3, -0.25) is 14.6 Å². The first-order valence-corrected chi connectivity index (χ1v) is 11.3. The van der Waals surface area contributed by atoms with Gasteiger partial charge in [-0.2, -0.15) is 0 Å². The molecule has 1 unspecified atom stereocenters. The van der Waals surface area contributed by atoms with Crippen molar-refractivity contribution in [2.24, 2.45) is 10.9 Å². The predicted octanol–water partition coefficient (Wildman–Crippen LogP) is 3.74. The van der Waals surface area contributed by atoms with Crippen LogP contribution in [0.3, 0.4) is 0 Å². The summed E-state index contributed by atoms with van der Waals surface area (Å²) in [5, 5.41) is 5.95. The minimum absolute atomic E-state index is 0.0618. The van der Waals surface area contributed by atoms with E-state index < -0.39 is 5.92 Å². The van der Waals surface area contributed by atoms with E-state index in [9.17, 15) is 9.59 Å². The van der Waals surface area contributed by atoms with E-state index in [1.807, 2.05) is 75.3 Å². The Labute approximate surface area is 200 Å². The molecule has 2 N–H and O–H groups in total. The van der Waals surface area contributed by atoms with E-state index in [1.165, 1.54) is 0 Å². The SMILES string of the molecule is COc1cccc(-c2ccc3c(c2)NC(=O)C3=CC2=C(C)C(C(=O)NCCN(C)C)C(C)=N2)c1. The number of nitrogens with zero attached hydrogens (tertiary/aromatic N) is 2. The molecule has 2 aliphatic heterocycles. The van der Waals surface area contributed by atoms with Crippen LogP contribution < -0.4 is 15.4 Å². The Kier molecular flexibility index (Phi) is 6.65. The van der Waals surface area contributed by atoms with Crippen LogP contribution in [0, 0.1) is 5.92 Å². The Morgan fingerprint density at radius 3 is 2.68 bits per heavy atom. The molecule has 2 heterocycles. The molecule has 0 aliphatic carbocycles. The standard InChI is InChI=1S/C27H30N4O3/c1-16-23(29-17(2)25(16)27(33)28-11-12-31(3)4)15-22-21-10-9-19(14-24(21)30-26(22)32)18-7-6-8-20(13-18)34-5/h6-10,13-15,25H,11-12H2,1-5H3,(H,28,33)(H,30,32). The summed E-state index contributed by atoms with van der Waals surface area (Å²) >= 11 is 0. The van der Waals surface area contributed by atoms with Gasteiger partial charge in [0.05, 0.1) is 24.3 Å². The Balaban J connectivity index is 1.60. The van der Waals surface area contributed by atoms with Crippen molar-refractivity contribution < 1.29 is 14.3 Å². The van der Waals surface area contributed by atoms with Crippen molar-refractivity contribution in [3.8, 4) is 16.9 Å². The molecular formula is C27H30N4O3. The van der Waals surface area contributed by atoms with E-state index in [0.717, 1.165) is 46.0 Å². The van der Waals surface area contributed by atoms with Gasteiger partial charge in [0.1, 0.15) is 5.75 Å². The molecule has 0 saturated carbocycles. The summed E-state index contributed by atoms with van der Waals surface area (Å²) in [7, 11) is 5.57. The normalized spacial score (nSPS) is 18.3. The summed E-state index contributed by atoms with van der Waals surface area (Å²) < 4.78 is 5.33. The lowest BCUT2D eigenvalue weighted by atomic mass is 9.95. The molecular weight excluding hydrogens is 428 g/mol. The highest BCUT2D eigenvalue weighted by molar-refractivity contribution is 6.32. The largest absolute Gasteiger partial charge is 0.497 e. The third-order valence-electron chi connectivity index (χ3n) is 6.16. The van der Waals surface area contributed by atoms with Gasteiger partial charge in [0.25, 0.3) is 5.91 Å². The summed E-state index contributed by atoms with van der Waals surface area (Å²) in [6.45, 7) is 5.10. The molecule has 176 valence electrons. The van der Waals surface area contributed by atoms with Crippen molar-refractivity contribution in [2.75, 3.05) is 39.6 Å². The molecule has 2 aromatic rings. The van der Waals surface area contributed by atoms with Crippen LogP contribution in [0.4, 0.5) is 5.69 Å². The van der Waals surface area contributed by atoms with Crippen LogP contribution in [0.2, 0.25) is 0 Å². The van der Waals surface area contributed by atoms with Crippen LogP contribution in [-0.2, 0) is 9.59 Å². The minimum Gasteiger partial charge on any atom is -0.497 e. The van der Waals surface area contributed by atoms with Gasteiger partial charge in [-0.25, -0.2) is 0 Å². The van der Waals surface area contributed by atoms with Gasteiger partial charge in [-0.05, 0) is 68.9 Å². The third-order valence-corrected chi connectivity index (χ3v) is 6.16. The summed E-state index contributed by atoms with van der Waals surface area (Å²) in [4.78, 5) is 32.2. The number of carbonyl (C=O) groups excluding carboxylic acids is 2. The molecule has 2 amide bonds. The summed E-state index contributed by atoms with van der Waals surface area (Å²) in [6, 6.07) is 13.7. The quantitative estimate of drug-likeness (QED) is 0.620. The van der Waals surface area contributed by atoms with E-state index in [4.69, 9.17) is 4.74 Å². The van der Waals surface area contributed by atoms with Crippen LogP contribution in [0.1, 0.15) is 19.4 Å². The molecule has 0 radical (unpaired) electrons. The van der Waals surface area contributed by atoms with Gasteiger partial charge < -0.3 is 20.3 Å². The van der Waals surface area contributed by atoms with Gasteiger partial charge in [0, 0.05) is 30.1 Å². The number of nitrogens with one attached hydrogen (secondary N) is 2. The fourth-order valence-electron chi connectivity index (χ4n) is 4.30. The van der Waals surface area contributed by atoms with Crippen molar-refractivity contribution in [3.05, 3.63) is 65.4 Å². The van der Waals surface area contributed by atoms with E-state index >= 15 is 0 Å². The lowest BCUT2D eigenvalue weighted by Gasteiger charge is -2.15. The van der Waals surface area contributed by atoms with E-state index in [2.05, 4.69) is 15.6 Å². The van der Waals surface area contributed by atoms with Gasteiger partial charge in [-0.1, -0.05) is 24.3 Å². The third kappa shape index (κ3) is 4.65. The maximum absolute atomic E-state index is 12.8. The number of hydrogen-bond acceptors (Lipinski definition) is 5. The molecule has 4 rings (SSSR count). The van der Waals surface area contributed by atoms with Crippen molar-refractivity contribution in [1.82, 2.24) is 10.2 Å². The van der Waals surface area contributed by atoms with Crippen LogP contribution in [-0.4, -0.2) is 56.7 Å². The fraction of sp³-hybridized carbons (Fsp3) is 0.296. The number of rotatable bonds is 7. The van der Waals surface area contributed by atoms with Gasteiger partial charge >= 0.3 is 0 Å². The first kappa shape index (κ1) is 23.4. The minimum atomic E-state index is -0.409. The predicted molar refractivity (Wildman–Crippen MR) is 136 cm³/mol. The Morgan fingerprint density at radius 2 is 1.94 bits per heavy atom. The number of fused-ring (bicyclic) bond motifs is 1. The second kappa shape index (κ2) is 9.65. The van der Waals surface area contributed by atoms with Crippen molar-refractivity contribution >= 4 is 28.8 Å². The monoisotopic (exact) mass is 458 g/mol. The van der Waals surface area contributed by atoms with Crippen LogP contribution in [0.15, 0.2) is 64.8 Å². The molecule has 7 nitrogen and oxygen atoms in total. The molecule has 2 aromatic carbocycles. The number of amides is 2. The molecule has 0 spiro atoms. The average molecular weight is 459 g/mol. The molecule has 7 heteroatoms. The zero-order valence-electron chi connectivity index (χ0n) is 20.2. The highest BCUT2D eigenvalue weighted by Gasteiger charge is 2.31. The van der Waals surface area contributed by atoms with Gasteiger partial charge in [-0.15, -0.1) is 0 Å². The van der Waals surface area contributed by atoms with Crippen LogP contribution >= 0.6 is 0 Å². The summed E-state index contributed by atoms with van der Waals surface area (Å²) in [5.74, 6) is 0.131. The maximum Gasteiger partial charge on any atom is 0.256 e. The van der Waals surface area contributed by atoms with Crippen LogP contribution in [0.5, 0.6) is 5.75 Å². The molecule has 0 bridgehead atoms. The summed E-state index contributed by atoms with van der Waals surface area (Å²) in [5.41, 5.74) is 6.37. The second-order valence-electron chi connectivity index (χ2n) is 8.85. The lowest BCUT2D eigenvalue weighted by molar-refractivity contribution is -0.122. The van der Waals surface area contributed by atoms with Gasteiger partial charge in [0.2, 0.25) is 5.91 Å². The number of anilines is 1. The number of likely N-dealkylation sites (N-methyl/N-ethyl adjacent to an activating group) is 1. The number of allylic oxidation sites excluding steroid dienone is 1. The molecule has 34 heavy (non-hydrogen) atoms. The Hall–Kier alpha value is -3.71. The number of methoxy groups -OCH3 is 1. The van der Waals surface area contributed by atoms with E-state index in [0.29, 0.717) is 17.8 Å². The maximum atomic E-state index is 12.8. The lowest BCUT2D eigenvalue weighted by Crippen LogP contribution is -2.37. The number of aliphatic imine (C=N–C) groups is 1. The first-order valence-electron chi connectivity index (χ1n) is 11.3. The smallest absolute Gasteiger partial charge is 0.256 e. The zero-order chi connectivity index (χ0) is 24.4. The molecule has 0 fully saturated rings. The second-order valence-corrected chi connectivity index (χ2v) is 8.85. The zero-order valence-corrected chi connectivity index (χ0v) is 20.2. The van der Waals surface area contributed by atoms with E-state index in [-0.39, 0.29) is 11.8 Å². The van der Waals surface area contributed by atoms with Crippen molar-refractivity contribution in [2.45, 2.75) is 13.8 Å². The number of benzene rings is 2. The molecule has 0 saturated heterocycles. The topological polar surface area (TPSA) is 83.0 Å². The number of hydrogen-bond donors (Lipinski definition) is 2. The van der Waals surface area contributed by atoms with Crippen molar-refractivity contribution in [3.63, 3.8) is 0 Å². The number of carbonyl (C=O) groups is 2. The summed E-state index contributed by atoms with van der Waals surface area (Å²) in [6.07, 6.45) is 1.79. The van der Waals surface area contributed by atoms with E-state index in [1.54, 1.807) is 13.2 Å². The first-order chi connectivity index (χ1) is 16.3. The van der Waals surface area contributed by atoms with Gasteiger partial charge in [0.15, 0.2) is 0 Å². The van der Waals surface area contributed by atoms with Crippen molar-refractivity contribution in [1.29, 1.82) is 0 Å². The highest BCUT2D eigenvalue weighted by atomic mass is 16.5. The fourth-order valence-corrected chi connectivity index (χ4v) is 4.30. The Bertz CT molecular complexity index is 1240. The highest BCUT2D eigenvalue weighted by Crippen LogP contribution is 2.38.